The van der Waals surface area contributed by atoms with Crippen molar-refractivity contribution in [3.05, 3.63) is 90.0 Å². The smallest absolute Gasteiger partial charge is 0.338 e. The van der Waals surface area contributed by atoms with Crippen molar-refractivity contribution in [2.45, 2.75) is 12.8 Å². The fourth-order valence-electron chi connectivity index (χ4n) is 3.39. The Hall–Kier alpha value is -4.06. The van der Waals surface area contributed by atoms with Crippen LogP contribution in [0, 0.1) is 0 Å². The monoisotopic (exact) mass is 413 g/mol. The maximum absolute atomic E-state index is 12.4. The maximum Gasteiger partial charge on any atom is 0.338 e. The number of benzene rings is 3. The summed E-state index contributed by atoms with van der Waals surface area (Å²) in [6.45, 7) is -0.381. The topological polar surface area (TPSA) is 80.8 Å². The van der Waals surface area contributed by atoms with Gasteiger partial charge in [0.2, 0.25) is 11.8 Å². The summed E-state index contributed by atoms with van der Waals surface area (Å²) < 4.78 is 5.13. The molecule has 0 radical (unpaired) electrons. The van der Waals surface area contributed by atoms with Gasteiger partial charge in [-0.3, -0.25) is 19.3 Å². The van der Waals surface area contributed by atoms with E-state index in [-0.39, 0.29) is 42.6 Å². The Balaban J connectivity index is 1.35. The van der Waals surface area contributed by atoms with Crippen molar-refractivity contribution in [3.8, 4) is 11.1 Å². The van der Waals surface area contributed by atoms with Gasteiger partial charge in [-0.15, -0.1) is 0 Å². The molecule has 1 fully saturated rings. The van der Waals surface area contributed by atoms with Crippen LogP contribution in [0.5, 0.6) is 0 Å². The second-order valence-corrected chi connectivity index (χ2v) is 7.11. The molecule has 0 aliphatic carbocycles. The van der Waals surface area contributed by atoms with E-state index in [4.69, 9.17) is 4.74 Å². The van der Waals surface area contributed by atoms with Crippen molar-refractivity contribution in [2.75, 3.05) is 11.5 Å². The number of Topliss-reactive ketones (excluding diaryl/α,β-unsaturated/α-hetero) is 1. The van der Waals surface area contributed by atoms with Crippen LogP contribution in [0.4, 0.5) is 5.69 Å². The molecule has 0 unspecified atom stereocenters. The summed E-state index contributed by atoms with van der Waals surface area (Å²) in [5.41, 5.74) is 3.14. The molecule has 0 aromatic heterocycles. The van der Waals surface area contributed by atoms with Gasteiger partial charge in [0.1, 0.15) is 0 Å². The van der Waals surface area contributed by atoms with Crippen LogP contribution < -0.4 is 4.90 Å². The molecule has 0 spiro atoms. The number of rotatable bonds is 6. The van der Waals surface area contributed by atoms with Crippen LogP contribution in [0.1, 0.15) is 33.6 Å². The number of amides is 2. The fourth-order valence-corrected chi connectivity index (χ4v) is 3.39. The van der Waals surface area contributed by atoms with Gasteiger partial charge in [-0.25, -0.2) is 4.79 Å². The zero-order valence-electron chi connectivity index (χ0n) is 16.6. The molecule has 2 amide bonds. The van der Waals surface area contributed by atoms with Gasteiger partial charge in [0, 0.05) is 18.4 Å². The van der Waals surface area contributed by atoms with E-state index in [2.05, 4.69) is 0 Å². The van der Waals surface area contributed by atoms with E-state index in [1.807, 2.05) is 42.5 Å². The van der Waals surface area contributed by atoms with Gasteiger partial charge in [-0.2, -0.15) is 0 Å². The van der Waals surface area contributed by atoms with E-state index in [9.17, 15) is 19.2 Å². The van der Waals surface area contributed by atoms with Crippen LogP contribution in [0.25, 0.3) is 11.1 Å². The summed E-state index contributed by atoms with van der Waals surface area (Å²) in [6, 6.07) is 22.9. The number of anilines is 1. The quantitative estimate of drug-likeness (QED) is 0.346. The lowest BCUT2D eigenvalue weighted by atomic mass is 10.0. The van der Waals surface area contributed by atoms with Crippen LogP contribution in [-0.4, -0.2) is 30.2 Å². The summed E-state index contributed by atoms with van der Waals surface area (Å²) in [4.78, 5) is 49.3. The Morgan fingerprint density at radius 2 is 1.26 bits per heavy atom. The predicted molar refractivity (Wildman–Crippen MR) is 115 cm³/mol. The highest BCUT2D eigenvalue weighted by Gasteiger charge is 2.30. The summed E-state index contributed by atoms with van der Waals surface area (Å²) >= 11 is 0. The minimum Gasteiger partial charge on any atom is -0.454 e. The van der Waals surface area contributed by atoms with Crippen LogP contribution >= 0.6 is 0 Å². The zero-order chi connectivity index (χ0) is 21.8. The van der Waals surface area contributed by atoms with Crippen molar-refractivity contribution in [1.82, 2.24) is 0 Å². The average Bonchev–Trinajstić information content (AvgIpc) is 3.16. The molecule has 1 saturated heterocycles. The molecule has 6 heteroatoms. The lowest BCUT2D eigenvalue weighted by Gasteiger charge is -2.14. The molecule has 1 heterocycles. The zero-order valence-corrected chi connectivity index (χ0v) is 16.6. The van der Waals surface area contributed by atoms with Crippen molar-refractivity contribution in [2.24, 2.45) is 0 Å². The van der Waals surface area contributed by atoms with E-state index < -0.39 is 5.97 Å². The SMILES string of the molecule is O=C(COC(=O)c1ccc(N2C(=O)CCC2=O)cc1)c1ccc(-c2ccccc2)cc1. The molecule has 0 N–H and O–H groups in total. The Bertz CT molecular complexity index is 1120. The third-order valence-corrected chi connectivity index (χ3v) is 5.06. The number of hydrogen-bond donors (Lipinski definition) is 0. The first-order valence-corrected chi connectivity index (χ1v) is 9.84. The average molecular weight is 413 g/mol. The molecule has 3 aromatic carbocycles. The Morgan fingerprint density at radius 1 is 0.710 bits per heavy atom. The number of nitrogens with zero attached hydrogens (tertiary/aromatic N) is 1. The lowest BCUT2D eigenvalue weighted by molar-refractivity contribution is -0.121. The Kier molecular flexibility index (Phi) is 5.71. The maximum atomic E-state index is 12.4. The van der Waals surface area contributed by atoms with Crippen LogP contribution in [0.15, 0.2) is 78.9 Å². The van der Waals surface area contributed by atoms with Gasteiger partial charge in [0.05, 0.1) is 11.3 Å². The molecule has 4 rings (SSSR count). The van der Waals surface area contributed by atoms with E-state index in [1.54, 1.807) is 12.1 Å². The first-order chi connectivity index (χ1) is 15.0. The number of ketones is 1. The van der Waals surface area contributed by atoms with Crippen LogP contribution in [-0.2, 0) is 14.3 Å². The second-order valence-electron chi connectivity index (χ2n) is 7.11. The molecule has 3 aromatic rings. The van der Waals surface area contributed by atoms with Gasteiger partial charge in [-0.05, 0) is 35.4 Å². The number of esters is 1. The van der Waals surface area contributed by atoms with Gasteiger partial charge in [0.25, 0.3) is 0 Å². The van der Waals surface area contributed by atoms with E-state index >= 15 is 0 Å². The number of ether oxygens (including phenoxy) is 1. The number of carbonyl (C=O) groups excluding carboxylic acids is 4. The van der Waals surface area contributed by atoms with Crippen molar-refractivity contribution in [3.63, 3.8) is 0 Å². The first-order valence-electron chi connectivity index (χ1n) is 9.84. The molecule has 6 nitrogen and oxygen atoms in total. The summed E-state index contributed by atoms with van der Waals surface area (Å²) in [5, 5.41) is 0. The molecular weight excluding hydrogens is 394 g/mol. The Labute approximate surface area is 179 Å². The minimum absolute atomic E-state index is 0.192. The van der Waals surface area contributed by atoms with Gasteiger partial charge >= 0.3 is 5.97 Å². The molecule has 154 valence electrons. The highest BCUT2D eigenvalue weighted by Crippen LogP contribution is 2.23. The minimum atomic E-state index is -0.653. The largest absolute Gasteiger partial charge is 0.454 e. The molecule has 31 heavy (non-hydrogen) atoms. The van der Waals surface area contributed by atoms with Gasteiger partial charge in [-0.1, -0.05) is 54.6 Å². The first kappa shape index (κ1) is 20.2. The summed E-state index contributed by atoms with van der Waals surface area (Å²) in [6.07, 6.45) is 0.383. The third-order valence-electron chi connectivity index (χ3n) is 5.06. The summed E-state index contributed by atoms with van der Waals surface area (Å²) in [5.74, 6) is -1.48. The van der Waals surface area contributed by atoms with E-state index in [0.717, 1.165) is 16.0 Å². The molecule has 1 aliphatic heterocycles. The molecule has 0 atom stereocenters. The van der Waals surface area contributed by atoms with Crippen LogP contribution in [0.2, 0.25) is 0 Å². The predicted octanol–water partition coefficient (Wildman–Crippen LogP) is 4.05. The lowest BCUT2D eigenvalue weighted by Crippen LogP contribution is -2.28. The van der Waals surface area contributed by atoms with E-state index in [0.29, 0.717) is 11.3 Å². The fraction of sp³-hybridized carbons (Fsp3) is 0.120. The highest BCUT2D eigenvalue weighted by molar-refractivity contribution is 6.19. The van der Waals surface area contributed by atoms with Gasteiger partial charge in [0.15, 0.2) is 12.4 Å². The Morgan fingerprint density at radius 3 is 1.87 bits per heavy atom. The van der Waals surface area contributed by atoms with Crippen LogP contribution in [0.3, 0.4) is 0 Å². The molecule has 1 aliphatic rings. The van der Waals surface area contributed by atoms with Crippen molar-refractivity contribution >= 4 is 29.3 Å². The van der Waals surface area contributed by atoms with Crippen molar-refractivity contribution < 1.29 is 23.9 Å². The second kappa shape index (κ2) is 8.75. The molecule has 0 saturated carbocycles. The number of imide groups is 1. The van der Waals surface area contributed by atoms with E-state index in [1.165, 1.54) is 24.3 Å². The molecular formula is C25H19NO5. The van der Waals surface area contributed by atoms with Crippen molar-refractivity contribution in [1.29, 1.82) is 0 Å². The third kappa shape index (κ3) is 4.43. The molecule has 0 bridgehead atoms. The standard InChI is InChI=1S/C25H19NO5/c27-22(19-8-6-18(7-9-19)17-4-2-1-3-5-17)16-31-25(30)20-10-12-21(13-11-20)26-23(28)14-15-24(26)29/h1-13H,14-16H2. The number of hydrogen-bond acceptors (Lipinski definition) is 5. The summed E-state index contributed by atoms with van der Waals surface area (Å²) in [7, 11) is 0. The normalized spacial score (nSPS) is 13.4. The number of carbonyl (C=O) groups is 4. The van der Waals surface area contributed by atoms with Gasteiger partial charge < -0.3 is 4.74 Å². The highest BCUT2D eigenvalue weighted by atomic mass is 16.5.